The lowest BCUT2D eigenvalue weighted by Crippen LogP contribution is -2.60. The molecule has 21 heteroatoms. The number of nitrogens with two attached hydrogens (primary N) is 3. The number of benzene rings is 3. The zero-order valence-corrected chi connectivity index (χ0v) is 42.3. The summed E-state index contributed by atoms with van der Waals surface area (Å²) in [5, 5.41) is 18.9. The van der Waals surface area contributed by atoms with Gasteiger partial charge in [0.2, 0.25) is 47.3 Å². The van der Waals surface area contributed by atoms with Crippen molar-refractivity contribution in [2.75, 3.05) is 13.1 Å². The number of nitrogens with one attached hydrogen (secondary N) is 6. The lowest BCUT2D eigenvalue weighted by atomic mass is 9.99. The van der Waals surface area contributed by atoms with E-state index in [4.69, 9.17) is 28.8 Å². The van der Waals surface area contributed by atoms with Gasteiger partial charge in [0, 0.05) is 56.2 Å². The maximum atomic E-state index is 14.6. The van der Waals surface area contributed by atoms with E-state index >= 15 is 0 Å². The second-order valence-corrected chi connectivity index (χ2v) is 19.1. The summed E-state index contributed by atoms with van der Waals surface area (Å²) in [5.74, 6) is -5.56. The quantitative estimate of drug-likeness (QED) is 0.0260. The molecule has 1 aromatic heterocycles. The third-order valence-corrected chi connectivity index (χ3v) is 12.5. The minimum atomic E-state index is -1.36. The second kappa shape index (κ2) is 27.3. The van der Waals surface area contributed by atoms with Gasteiger partial charge >= 0.3 is 0 Å². The number of carbonyl (C=O) groups is 8. The van der Waals surface area contributed by atoms with Crippen LogP contribution in [0.4, 0.5) is 0 Å². The van der Waals surface area contributed by atoms with Crippen molar-refractivity contribution in [1.29, 1.82) is 0 Å². The Morgan fingerprint density at radius 3 is 1.88 bits per heavy atom. The average Bonchev–Trinajstić information content (AvgIpc) is 3.85. The Labute approximate surface area is 429 Å². The number of rotatable bonds is 25. The predicted molar refractivity (Wildman–Crippen MR) is 277 cm³/mol. The van der Waals surface area contributed by atoms with Gasteiger partial charge in [-0.3, -0.25) is 48.3 Å². The molecule has 20 nitrogen and oxygen atoms in total. The van der Waals surface area contributed by atoms with Crippen molar-refractivity contribution in [1.82, 2.24) is 41.8 Å². The third kappa shape index (κ3) is 17.6. The van der Waals surface area contributed by atoms with Crippen LogP contribution in [0.1, 0.15) is 76.6 Å². The number of hydrogen-bond acceptors (Lipinski definition) is 10. The summed E-state index contributed by atoms with van der Waals surface area (Å²) in [6.45, 7) is 6.73. The van der Waals surface area contributed by atoms with Crippen LogP contribution < -0.4 is 49.1 Å². The molecule has 0 bridgehead atoms. The van der Waals surface area contributed by atoms with E-state index in [0.29, 0.717) is 29.1 Å². The number of primary amides is 1. The summed E-state index contributed by atoms with van der Waals surface area (Å²) >= 11 is 6.20. The van der Waals surface area contributed by atoms with Gasteiger partial charge in [-0.2, -0.15) is 0 Å². The van der Waals surface area contributed by atoms with E-state index in [1.165, 1.54) is 24.9 Å². The minimum absolute atomic E-state index is 0.0455. The zero-order chi connectivity index (χ0) is 53.2. The molecular formula is C52H67ClN12O8. The van der Waals surface area contributed by atoms with Crippen LogP contribution >= 0.6 is 11.6 Å². The largest absolute Gasteiger partial charge is 0.370 e. The Balaban J connectivity index is 1.41. The summed E-state index contributed by atoms with van der Waals surface area (Å²) in [6.07, 6.45) is 2.64. The summed E-state index contributed by atoms with van der Waals surface area (Å²) in [5.41, 5.74) is 18.3. The number of fused-ring (bicyclic) bond motifs is 1. The molecule has 1 aliphatic heterocycles. The normalized spacial score (nSPS) is 15.6. The number of aliphatic imine (C=N–C) groups is 1. The van der Waals surface area contributed by atoms with E-state index in [1.54, 1.807) is 42.5 Å². The van der Waals surface area contributed by atoms with Crippen LogP contribution in [-0.4, -0.2) is 118 Å². The molecule has 0 unspecified atom stereocenters. The lowest BCUT2D eigenvalue weighted by Gasteiger charge is -2.31. The molecule has 0 aliphatic carbocycles. The van der Waals surface area contributed by atoms with Crippen LogP contribution in [-0.2, 0) is 57.6 Å². The molecule has 12 N–H and O–H groups in total. The number of carbonyl (C=O) groups excluding carboxylic acids is 8. The molecule has 4 aromatic rings. The van der Waals surface area contributed by atoms with E-state index < -0.39 is 89.6 Å². The fourth-order valence-corrected chi connectivity index (χ4v) is 8.62. The highest BCUT2D eigenvalue weighted by Gasteiger charge is 2.39. The Morgan fingerprint density at radius 2 is 1.26 bits per heavy atom. The van der Waals surface area contributed by atoms with E-state index in [1.807, 2.05) is 56.3 Å². The monoisotopic (exact) mass is 1020 g/mol. The number of guanidine groups is 1. The van der Waals surface area contributed by atoms with Crippen LogP contribution in [0.2, 0.25) is 5.02 Å². The zero-order valence-electron chi connectivity index (χ0n) is 41.6. The molecule has 1 fully saturated rings. The van der Waals surface area contributed by atoms with E-state index in [0.717, 1.165) is 16.3 Å². The SMILES string of the molecule is CC(=O)N[C@@H](Cc1ccc2ccccc2c1)C(=O)N[C@H](Cc1ccc(Cl)cc1)C(=O)N[C@H](Cc1ccccn1)C(=O)N[C@@H](CC(C)C)C(=O)N[C@H](CCCN=C(N)N)C(=O)N1CCC[C@@H]1C(=O)N[C@@H](C)C(N)=O. The number of aromatic nitrogens is 1. The molecule has 1 saturated heterocycles. The van der Waals surface area contributed by atoms with E-state index in [9.17, 15) is 38.4 Å². The van der Waals surface area contributed by atoms with Crippen molar-refractivity contribution >= 4 is 75.6 Å². The Bertz CT molecular complexity index is 2610. The first-order valence-corrected chi connectivity index (χ1v) is 24.7. The van der Waals surface area contributed by atoms with Crippen molar-refractivity contribution in [3.63, 3.8) is 0 Å². The van der Waals surface area contributed by atoms with Crippen molar-refractivity contribution in [2.24, 2.45) is 28.1 Å². The number of amides is 8. The standard InChI is InChI=1S/C52H67ClN12O8/c1-30(2)25-40(46(68)61-39(14-9-23-58-52(55)56)51(73)65-24-10-15-44(65)50(72)59-31(3)45(54)67)62-49(71)43(29-38-13-7-8-22-57-38)64-48(70)42(27-33-17-20-37(53)21-18-33)63-47(69)41(60-32(4)66)28-34-16-19-35-11-5-6-12-36(35)26-34/h5-8,11-13,16-22,26,30-31,39-44H,9-10,14-15,23-25,27-29H2,1-4H3,(H2,54,67)(H,59,72)(H,60,66)(H,61,68)(H,62,71)(H,63,69)(H,64,70)(H4,55,56,58)/t31-,39+,40-,41-,42+,43+,44+/m0/s1. The Hall–Kier alpha value is -7.61. The molecule has 390 valence electrons. The van der Waals surface area contributed by atoms with Gasteiger partial charge < -0.3 is 54.0 Å². The molecular weight excluding hydrogens is 956 g/mol. The van der Waals surface area contributed by atoms with Crippen LogP contribution in [0.5, 0.6) is 0 Å². The van der Waals surface area contributed by atoms with Crippen molar-refractivity contribution in [2.45, 2.75) is 121 Å². The van der Waals surface area contributed by atoms with Gasteiger partial charge in [0.1, 0.15) is 42.3 Å². The first-order chi connectivity index (χ1) is 34.8. The first-order valence-electron chi connectivity index (χ1n) is 24.3. The molecule has 73 heavy (non-hydrogen) atoms. The van der Waals surface area contributed by atoms with Crippen LogP contribution in [0.3, 0.4) is 0 Å². The van der Waals surface area contributed by atoms with Crippen LogP contribution in [0, 0.1) is 5.92 Å². The van der Waals surface area contributed by atoms with Crippen molar-refractivity contribution in [3.8, 4) is 0 Å². The van der Waals surface area contributed by atoms with Crippen LogP contribution in [0.25, 0.3) is 10.8 Å². The van der Waals surface area contributed by atoms with Crippen LogP contribution in [0.15, 0.2) is 96.1 Å². The second-order valence-electron chi connectivity index (χ2n) is 18.6. The third-order valence-electron chi connectivity index (χ3n) is 12.2. The summed E-state index contributed by atoms with van der Waals surface area (Å²) in [4.78, 5) is 120. The fourth-order valence-electron chi connectivity index (χ4n) is 8.50. The number of likely N-dealkylation sites (tertiary alicyclic amines) is 1. The summed E-state index contributed by atoms with van der Waals surface area (Å²) in [7, 11) is 0. The molecule has 0 radical (unpaired) electrons. The first kappa shape index (κ1) is 56.3. The minimum Gasteiger partial charge on any atom is -0.370 e. The Morgan fingerprint density at radius 1 is 0.685 bits per heavy atom. The molecule has 8 amide bonds. The molecule has 7 atom stereocenters. The maximum Gasteiger partial charge on any atom is 0.245 e. The van der Waals surface area contributed by atoms with Gasteiger partial charge in [0.15, 0.2) is 5.96 Å². The van der Waals surface area contributed by atoms with E-state index in [-0.39, 0.29) is 63.5 Å². The number of halogens is 1. The van der Waals surface area contributed by atoms with Crippen molar-refractivity contribution < 1.29 is 38.4 Å². The maximum absolute atomic E-state index is 14.6. The molecule has 3 aromatic carbocycles. The topological polar surface area (TPSA) is 315 Å². The number of hydrogen-bond donors (Lipinski definition) is 9. The smallest absolute Gasteiger partial charge is 0.245 e. The summed E-state index contributed by atoms with van der Waals surface area (Å²) in [6, 6.07) is 17.1. The van der Waals surface area contributed by atoms with Gasteiger partial charge in [-0.25, -0.2) is 0 Å². The predicted octanol–water partition coefficient (Wildman–Crippen LogP) is 1.44. The summed E-state index contributed by atoms with van der Waals surface area (Å²) < 4.78 is 0. The average molecular weight is 1020 g/mol. The van der Waals surface area contributed by atoms with Gasteiger partial charge in [-0.05, 0) is 91.1 Å². The molecule has 0 saturated carbocycles. The van der Waals surface area contributed by atoms with Gasteiger partial charge in [-0.15, -0.1) is 0 Å². The highest BCUT2D eigenvalue weighted by molar-refractivity contribution is 6.30. The van der Waals surface area contributed by atoms with E-state index in [2.05, 4.69) is 41.9 Å². The Kier molecular flexibility index (Phi) is 21.0. The van der Waals surface area contributed by atoms with Gasteiger partial charge in [-0.1, -0.05) is 86.1 Å². The fraction of sp³-hybridized carbons (Fsp3) is 0.423. The van der Waals surface area contributed by atoms with Gasteiger partial charge in [0.25, 0.3) is 0 Å². The highest BCUT2D eigenvalue weighted by Crippen LogP contribution is 2.21. The van der Waals surface area contributed by atoms with Crippen molar-refractivity contribution in [3.05, 3.63) is 113 Å². The molecule has 0 spiro atoms. The molecule has 2 heterocycles. The highest BCUT2D eigenvalue weighted by atomic mass is 35.5. The number of nitrogens with zero attached hydrogens (tertiary/aromatic N) is 3. The molecule has 1 aliphatic rings. The lowest BCUT2D eigenvalue weighted by molar-refractivity contribution is -0.142. The van der Waals surface area contributed by atoms with Gasteiger partial charge in [0.05, 0.1) is 0 Å². The molecule has 5 rings (SSSR count). The number of pyridine rings is 1.